The number of rotatable bonds is 1. The molecule has 1 aromatic carbocycles. The number of likely N-dealkylation sites (N-methyl/N-ethyl adjacent to an activating group) is 1. The van der Waals surface area contributed by atoms with Crippen LogP contribution in [0.3, 0.4) is 0 Å². The molecule has 3 aliphatic rings. The molecule has 20 heavy (non-hydrogen) atoms. The van der Waals surface area contributed by atoms with Crippen LogP contribution in [0.15, 0.2) is 12.1 Å². The van der Waals surface area contributed by atoms with E-state index in [-0.39, 0.29) is 23.8 Å². The van der Waals surface area contributed by atoms with E-state index >= 15 is 0 Å². The quantitative estimate of drug-likeness (QED) is 0.787. The third-order valence-electron chi connectivity index (χ3n) is 5.43. The van der Waals surface area contributed by atoms with Crippen molar-refractivity contribution in [3.8, 4) is 11.5 Å². The average molecular weight is 277 g/mol. The summed E-state index contributed by atoms with van der Waals surface area (Å²) < 4.78 is 24.8. The molecule has 1 aliphatic carbocycles. The van der Waals surface area contributed by atoms with Gasteiger partial charge in [-0.2, -0.15) is 0 Å². The number of halogens is 1. The van der Waals surface area contributed by atoms with Crippen molar-refractivity contribution in [1.82, 2.24) is 4.90 Å². The van der Waals surface area contributed by atoms with Crippen molar-refractivity contribution >= 4 is 0 Å². The lowest BCUT2D eigenvalue weighted by Gasteiger charge is -2.41. The molecule has 0 bridgehead atoms. The van der Waals surface area contributed by atoms with Crippen LogP contribution < -0.4 is 9.47 Å². The van der Waals surface area contributed by atoms with E-state index in [9.17, 15) is 4.39 Å². The third-order valence-corrected chi connectivity index (χ3v) is 5.43. The van der Waals surface area contributed by atoms with Gasteiger partial charge in [-0.05, 0) is 50.6 Å². The molecule has 0 N–H and O–H groups in total. The largest absolute Gasteiger partial charge is 0.453 e. The van der Waals surface area contributed by atoms with Gasteiger partial charge in [-0.3, -0.25) is 0 Å². The smallest absolute Gasteiger partial charge is 0.231 e. The van der Waals surface area contributed by atoms with Crippen molar-refractivity contribution in [3.05, 3.63) is 23.5 Å². The Morgan fingerprint density at radius 3 is 3.05 bits per heavy atom. The number of hydrogen-bond donors (Lipinski definition) is 0. The maximum Gasteiger partial charge on any atom is 0.231 e. The Hall–Kier alpha value is -1.29. The first-order valence-electron chi connectivity index (χ1n) is 7.50. The summed E-state index contributed by atoms with van der Waals surface area (Å²) in [5.74, 6) is 0.584. The van der Waals surface area contributed by atoms with Gasteiger partial charge < -0.3 is 14.4 Å². The first-order chi connectivity index (χ1) is 9.71. The highest BCUT2D eigenvalue weighted by Crippen LogP contribution is 2.50. The minimum absolute atomic E-state index is 0.106. The number of nitrogens with zero attached hydrogens (tertiary/aromatic N) is 1. The van der Waals surface area contributed by atoms with Crippen LogP contribution in [0.4, 0.5) is 4.39 Å². The first kappa shape index (κ1) is 12.5. The summed E-state index contributed by atoms with van der Waals surface area (Å²) in [4.78, 5) is 2.45. The van der Waals surface area contributed by atoms with Gasteiger partial charge in [0.25, 0.3) is 0 Å². The molecule has 0 aromatic heterocycles. The van der Waals surface area contributed by atoms with Crippen molar-refractivity contribution in [3.63, 3.8) is 0 Å². The van der Waals surface area contributed by atoms with E-state index in [2.05, 4.69) is 11.9 Å². The van der Waals surface area contributed by atoms with Gasteiger partial charge in [-0.1, -0.05) is 12.8 Å². The van der Waals surface area contributed by atoms with E-state index in [1.807, 2.05) is 6.07 Å². The number of ether oxygens (including phenoxy) is 2. The Kier molecular flexibility index (Phi) is 2.71. The van der Waals surface area contributed by atoms with E-state index in [4.69, 9.17) is 9.47 Å². The second-order valence-electron chi connectivity index (χ2n) is 6.34. The molecule has 0 amide bonds. The summed E-state index contributed by atoms with van der Waals surface area (Å²) in [5.41, 5.74) is 1.21. The molecule has 1 saturated heterocycles. The van der Waals surface area contributed by atoms with Crippen molar-refractivity contribution in [1.29, 1.82) is 0 Å². The second kappa shape index (κ2) is 4.35. The molecule has 1 aromatic rings. The van der Waals surface area contributed by atoms with Crippen LogP contribution in [0.25, 0.3) is 0 Å². The second-order valence-corrected chi connectivity index (χ2v) is 6.34. The van der Waals surface area contributed by atoms with Gasteiger partial charge >= 0.3 is 0 Å². The highest BCUT2D eigenvalue weighted by atomic mass is 19.1. The fourth-order valence-electron chi connectivity index (χ4n) is 4.42. The van der Waals surface area contributed by atoms with Crippen LogP contribution in [-0.2, 0) is 5.41 Å². The summed E-state index contributed by atoms with van der Waals surface area (Å²) in [6.45, 7) is 1.23. The van der Waals surface area contributed by atoms with Gasteiger partial charge in [-0.15, -0.1) is 0 Å². The maximum absolute atomic E-state index is 14.2. The normalized spacial score (nSPS) is 32.4. The molecule has 2 heterocycles. The predicted octanol–water partition coefficient (Wildman–Crippen LogP) is 3.07. The van der Waals surface area contributed by atoms with Crippen LogP contribution in [0.2, 0.25) is 0 Å². The van der Waals surface area contributed by atoms with E-state index < -0.39 is 0 Å². The van der Waals surface area contributed by atoms with E-state index in [1.54, 1.807) is 6.07 Å². The summed E-state index contributed by atoms with van der Waals surface area (Å²) in [6.07, 6.45) is 6.01. The molecule has 0 radical (unpaired) electrons. The van der Waals surface area contributed by atoms with Crippen LogP contribution in [0.1, 0.15) is 37.7 Å². The predicted molar refractivity (Wildman–Crippen MR) is 73.7 cm³/mol. The molecule has 108 valence electrons. The molecule has 1 saturated carbocycles. The Bertz CT molecular complexity index is 544. The Morgan fingerprint density at radius 1 is 1.25 bits per heavy atom. The maximum atomic E-state index is 14.2. The third kappa shape index (κ3) is 1.60. The number of hydrogen-bond acceptors (Lipinski definition) is 3. The fraction of sp³-hybridized carbons (Fsp3) is 0.625. The molecular formula is C16H20FNO2. The lowest BCUT2D eigenvalue weighted by molar-refractivity contribution is 0.170. The van der Waals surface area contributed by atoms with Crippen molar-refractivity contribution in [2.45, 2.75) is 43.6 Å². The van der Waals surface area contributed by atoms with Crippen LogP contribution in [0, 0.1) is 5.82 Å². The Morgan fingerprint density at radius 2 is 2.15 bits per heavy atom. The zero-order chi connectivity index (χ0) is 13.7. The fourth-order valence-corrected chi connectivity index (χ4v) is 4.42. The molecule has 2 fully saturated rings. The molecule has 0 unspecified atom stereocenters. The van der Waals surface area contributed by atoms with Crippen molar-refractivity contribution in [2.75, 3.05) is 20.4 Å². The minimum Gasteiger partial charge on any atom is -0.453 e. The van der Waals surface area contributed by atoms with E-state index in [0.717, 1.165) is 24.9 Å². The number of benzene rings is 1. The Labute approximate surface area is 118 Å². The highest BCUT2D eigenvalue weighted by Gasteiger charge is 2.48. The molecular weight excluding hydrogens is 257 g/mol. The summed E-state index contributed by atoms with van der Waals surface area (Å²) in [5, 5.41) is 0. The van der Waals surface area contributed by atoms with Crippen LogP contribution in [-0.4, -0.2) is 31.3 Å². The standard InChI is InChI=1S/C16H20FNO2/c1-18-7-6-16(5-3-2-4-14(16)18)11-8-12(17)15-13(9-11)19-10-20-15/h8-9,14H,2-7,10H2,1H3/t14-,16-/m0/s1. The lowest BCUT2D eigenvalue weighted by atomic mass is 9.66. The summed E-state index contributed by atoms with van der Waals surface area (Å²) in [6, 6.07) is 4.24. The van der Waals surface area contributed by atoms with Crippen LogP contribution >= 0.6 is 0 Å². The molecule has 3 nitrogen and oxygen atoms in total. The van der Waals surface area contributed by atoms with Gasteiger partial charge in [0.05, 0.1) is 0 Å². The zero-order valence-corrected chi connectivity index (χ0v) is 11.8. The molecule has 2 atom stereocenters. The highest BCUT2D eigenvalue weighted by molar-refractivity contribution is 5.48. The number of likely N-dealkylation sites (tertiary alicyclic amines) is 1. The monoisotopic (exact) mass is 277 g/mol. The average Bonchev–Trinajstić information content (AvgIpc) is 3.05. The topological polar surface area (TPSA) is 21.7 Å². The lowest BCUT2D eigenvalue weighted by Crippen LogP contribution is -2.43. The first-order valence-corrected chi connectivity index (χ1v) is 7.50. The Balaban J connectivity index is 1.81. The van der Waals surface area contributed by atoms with Crippen molar-refractivity contribution in [2.24, 2.45) is 0 Å². The van der Waals surface area contributed by atoms with Gasteiger partial charge in [0.15, 0.2) is 11.6 Å². The van der Waals surface area contributed by atoms with Gasteiger partial charge in [0.1, 0.15) is 0 Å². The van der Waals surface area contributed by atoms with Gasteiger partial charge in [-0.25, -0.2) is 4.39 Å². The summed E-state index contributed by atoms with van der Waals surface area (Å²) >= 11 is 0. The minimum atomic E-state index is -0.275. The zero-order valence-electron chi connectivity index (χ0n) is 11.8. The SMILES string of the molecule is CN1CC[C@]2(c3cc(F)c4c(c3)OCO4)CCCC[C@H]12. The molecule has 4 rings (SSSR count). The van der Waals surface area contributed by atoms with Gasteiger partial charge in [0.2, 0.25) is 12.5 Å². The summed E-state index contributed by atoms with van der Waals surface area (Å²) in [7, 11) is 2.20. The molecule has 0 spiro atoms. The molecule has 2 aliphatic heterocycles. The van der Waals surface area contributed by atoms with Crippen molar-refractivity contribution < 1.29 is 13.9 Å². The van der Waals surface area contributed by atoms with E-state index in [1.165, 1.54) is 19.3 Å². The molecule has 4 heteroatoms. The van der Waals surface area contributed by atoms with Crippen LogP contribution in [0.5, 0.6) is 11.5 Å². The van der Waals surface area contributed by atoms with Gasteiger partial charge in [0, 0.05) is 11.5 Å². The number of fused-ring (bicyclic) bond motifs is 2. The van der Waals surface area contributed by atoms with E-state index in [0.29, 0.717) is 11.8 Å².